The van der Waals surface area contributed by atoms with Gasteiger partial charge in [0, 0.05) is 51.3 Å². The summed E-state index contributed by atoms with van der Waals surface area (Å²) in [6.45, 7) is 8.86. The van der Waals surface area contributed by atoms with Crippen LogP contribution in [0.15, 0.2) is 67.9 Å². The van der Waals surface area contributed by atoms with Crippen molar-refractivity contribution >= 4 is 43.4 Å². The fourth-order valence-electron chi connectivity index (χ4n) is 6.03. The number of allylic oxidation sites excluding steroid dienone is 4. The van der Waals surface area contributed by atoms with Crippen molar-refractivity contribution in [1.29, 1.82) is 0 Å². The van der Waals surface area contributed by atoms with Gasteiger partial charge in [-0.25, -0.2) is 0 Å². The highest BCUT2D eigenvalue weighted by Crippen LogP contribution is 2.52. The quantitative estimate of drug-likeness (QED) is 0.361. The minimum absolute atomic E-state index is 0.0993. The molecule has 0 saturated heterocycles. The van der Waals surface area contributed by atoms with E-state index in [4.69, 9.17) is 9.47 Å². The molecule has 0 amide bonds. The van der Waals surface area contributed by atoms with Crippen molar-refractivity contribution in [1.82, 2.24) is 5.32 Å². The molecule has 0 saturated carbocycles. The summed E-state index contributed by atoms with van der Waals surface area (Å²) in [7, 11) is 1.61. The molecule has 1 aliphatic heterocycles. The molecule has 0 fully saturated rings. The van der Waals surface area contributed by atoms with Gasteiger partial charge in [-0.2, -0.15) is 0 Å². The maximum Gasteiger partial charge on any atom is 0.175 e. The van der Waals surface area contributed by atoms with E-state index < -0.39 is 5.92 Å². The van der Waals surface area contributed by atoms with E-state index in [9.17, 15) is 9.59 Å². The van der Waals surface area contributed by atoms with E-state index in [2.05, 4.69) is 64.9 Å². The second-order valence-corrected chi connectivity index (χ2v) is 13.8. The predicted molar refractivity (Wildman–Crippen MR) is 155 cm³/mol. The fourth-order valence-corrected chi connectivity index (χ4v) is 7.01. The van der Waals surface area contributed by atoms with Crippen LogP contribution in [0, 0.1) is 10.8 Å². The van der Waals surface area contributed by atoms with Crippen LogP contribution in [0.25, 0.3) is 0 Å². The number of carbonyl (C=O) groups excluding carboxylic acids is 2. The van der Waals surface area contributed by atoms with E-state index in [1.165, 1.54) is 0 Å². The maximum absolute atomic E-state index is 13.6. The van der Waals surface area contributed by atoms with Crippen molar-refractivity contribution < 1.29 is 19.1 Å². The average Bonchev–Trinajstić information content (AvgIpc) is 2.80. The second-order valence-electron chi connectivity index (χ2n) is 12.1. The Kier molecular flexibility index (Phi) is 7.14. The lowest BCUT2D eigenvalue weighted by Crippen LogP contribution is -2.42. The van der Waals surface area contributed by atoms with E-state index in [-0.39, 0.29) is 22.4 Å². The number of benzene rings is 2. The van der Waals surface area contributed by atoms with Crippen molar-refractivity contribution in [3.8, 4) is 11.5 Å². The lowest BCUT2D eigenvalue weighted by Gasteiger charge is -2.44. The van der Waals surface area contributed by atoms with Crippen LogP contribution in [0.2, 0.25) is 0 Å². The van der Waals surface area contributed by atoms with Crippen molar-refractivity contribution in [2.45, 2.75) is 65.9 Å². The monoisotopic (exact) mass is 641 g/mol. The van der Waals surface area contributed by atoms with Crippen LogP contribution in [0.4, 0.5) is 0 Å². The summed E-state index contributed by atoms with van der Waals surface area (Å²) in [5, 5.41) is 3.57. The normalized spacial score (nSPS) is 20.6. The molecule has 0 aromatic heterocycles. The van der Waals surface area contributed by atoms with Gasteiger partial charge in [-0.3, -0.25) is 9.59 Å². The smallest absolute Gasteiger partial charge is 0.175 e. The number of hydrogen-bond acceptors (Lipinski definition) is 5. The number of nitrogens with one attached hydrogen (secondary N) is 1. The standard InChI is InChI=1S/C31H33Br2NO4/c1-30(2)12-21-27(23(35)14-30)26(28-22(34-21)13-31(3,4)15-24(28)36)18-10-20(33)29(25(11-18)37-5)38-16-17-8-6-7-9-19(17)32/h6-11,26,34H,12-16H2,1-5H3. The molecule has 5 nitrogen and oxygen atoms in total. The third kappa shape index (κ3) is 5.12. The van der Waals surface area contributed by atoms with Gasteiger partial charge in [-0.15, -0.1) is 0 Å². The summed E-state index contributed by atoms with van der Waals surface area (Å²) in [5.41, 5.74) is 4.92. The molecule has 2 aromatic rings. The molecule has 2 aliphatic carbocycles. The molecule has 1 heterocycles. The van der Waals surface area contributed by atoms with Crippen molar-refractivity contribution in [3.05, 3.63) is 79.0 Å². The SMILES string of the molecule is COc1cc(C2C3=C(CC(C)(C)CC3=O)NC3=C2C(=O)CC(C)(C)C3)cc(Br)c1OCc1ccccc1Br. The number of rotatable bonds is 5. The van der Waals surface area contributed by atoms with Gasteiger partial charge < -0.3 is 14.8 Å². The molecule has 0 spiro atoms. The summed E-state index contributed by atoms with van der Waals surface area (Å²) in [5.74, 6) is 0.897. The number of halogens is 2. The molecule has 3 aliphatic rings. The Labute approximate surface area is 241 Å². The van der Waals surface area contributed by atoms with Gasteiger partial charge in [0.05, 0.1) is 11.6 Å². The van der Waals surface area contributed by atoms with Crippen molar-refractivity contribution in [2.75, 3.05) is 7.11 Å². The first kappa shape index (κ1) is 27.2. The highest BCUT2D eigenvalue weighted by molar-refractivity contribution is 9.10. The lowest BCUT2D eigenvalue weighted by molar-refractivity contribution is -0.119. The van der Waals surface area contributed by atoms with E-state index >= 15 is 0 Å². The van der Waals surface area contributed by atoms with Crippen LogP contribution in [-0.4, -0.2) is 18.7 Å². The number of methoxy groups -OCH3 is 1. The molecule has 7 heteroatoms. The zero-order valence-corrected chi connectivity index (χ0v) is 25.6. The predicted octanol–water partition coefficient (Wildman–Crippen LogP) is 7.77. The summed E-state index contributed by atoms with van der Waals surface area (Å²) in [4.78, 5) is 27.3. The highest BCUT2D eigenvalue weighted by atomic mass is 79.9. The van der Waals surface area contributed by atoms with Gasteiger partial charge in [0.15, 0.2) is 23.1 Å². The minimum atomic E-state index is -0.434. The third-order valence-corrected chi connectivity index (χ3v) is 9.00. The molecular weight excluding hydrogens is 610 g/mol. The Bertz CT molecular complexity index is 1350. The number of carbonyl (C=O) groups is 2. The van der Waals surface area contributed by atoms with E-state index in [0.717, 1.165) is 39.8 Å². The Morgan fingerprint density at radius 1 is 0.868 bits per heavy atom. The van der Waals surface area contributed by atoms with Gasteiger partial charge in [0.25, 0.3) is 0 Å². The van der Waals surface area contributed by atoms with Gasteiger partial charge in [-0.1, -0.05) is 61.8 Å². The Morgan fingerprint density at radius 3 is 2.00 bits per heavy atom. The lowest BCUT2D eigenvalue weighted by atomic mass is 9.64. The molecule has 1 N–H and O–H groups in total. The summed E-state index contributed by atoms with van der Waals surface area (Å²) < 4.78 is 13.7. The Morgan fingerprint density at radius 2 is 1.45 bits per heavy atom. The summed E-state index contributed by atoms with van der Waals surface area (Å²) in [6, 6.07) is 11.8. The van der Waals surface area contributed by atoms with Crippen LogP contribution < -0.4 is 14.8 Å². The number of dihydropyridines is 1. The van der Waals surface area contributed by atoms with Gasteiger partial charge in [-0.05, 0) is 63.4 Å². The topological polar surface area (TPSA) is 64.6 Å². The van der Waals surface area contributed by atoms with Crippen LogP contribution in [-0.2, 0) is 16.2 Å². The molecule has 0 atom stereocenters. The van der Waals surface area contributed by atoms with Crippen LogP contribution in [0.3, 0.4) is 0 Å². The summed E-state index contributed by atoms with van der Waals surface area (Å²) in [6.07, 6.45) is 2.44. The maximum atomic E-state index is 13.6. The molecule has 0 radical (unpaired) electrons. The molecule has 38 heavy (non-hydrogen) atoms. The highest BCUT2D eigenvalue weighted by Gasteiger charge is 2.46. The molecule has 2 aromatic carbocycles. The average molecular weight is 643 g/mol. The van der Waals surface area contributed by atoms with Crippen LogP contribution in [0.5, 0.6) is 11.5 Å². The fraction of sp³-hybridized carbons (Fsp3) is 0.419. The molecule has 200 valence electrons. The second kappa shape index (κ2) is 9.98. The van der Waals surface area contributed by atoms with Gasteiger partial charge in [0.1, 0.15) is 6.61 Å². The van der Waals surface area contributed by atoms with E-state index in [1.807, 2.05) is 36.4 Å². The first-order chi connectivity index (χ1) is 17.9. The largest absolute Gasteiger partial charge is 0.493 e. The van der Waals surface area contributed by atoms with Crippen molar-refractivity contribution in [3.63, 3.8) is 0 Å². The Hall–Kier alpha value is -2.38. The number of ether oxygens (including phenoxy) is 2. The number of ketones is 2. The molecular formula is C31H33Br2NO4. The van der Waals surface area contributed by atoms with E-state index in [1.54, 1.807) is 7.11 Å². The molecule has 0 bridgehead atoms. The van der Waals surface area contributed by atoms with E-state index in [0.29, 0.717) is 46.6 Å². The first-order valence-electron chi connectivity index (χ1n) is 12.9. The first-order valence-corrected chi connectivity index (χ1v) is 14.5. The van der Waals surface area contributed by atoms with Gasteiger partial charge in [0.2, 0.25) is 0 Å². The van der Waals surface area contributed by atoms with Crippen LogP contribution in [0.1, 0.15) is 70.4 Å². The molecule has 5 rings (SSSR count). The van der Waals surface area contributed by atoms with Crippen LogP contribution >= 0.6 is 31.9 Å². The summed E-state index contributed by atoms with van der Waals surface area (Å²) >= 11 is 7.28. The minimum Gasteiger partial charge on any atom is -0.493 e. The zero-order chi connectivity index (χ0) is 27.4. The number of Topliss-reactive ketones (excluding diaryl/α,β-unsaturated/α-hetero) is 2. The number of hydrogen-bond donors (Lipinski definition) is 1. The zero-order valence-electron chi connectivity index (χ0n) is 22.5. The van der Waals surface area contributed by atoms with Gasteiger partial charge >= 0.3 is 0 Å². The molecule has 0 unspecified atom stereocenters. The van der Waals surface area contributed by atoms with Crippen molar-refractivity contribution in [2.24, 2.45) is 10.8 Å². The third-order valence-electron chi connectivity index (χ3n) is 7.63. The Balaban J connectivity index is 1.60.